The molecule has 1 atom stereocenters. The van der Waals surface area contributed by atoms with E-state index in [9.17, 15) is 9.90 Å². The van der Waals surface area contributed by atoms with Gasteiger partial charge in [0.05, 0.1) is 5.92 Å². The van der Waals surface area contributed by atoms with Crippen LogP contribution in [0.2, 0.25) is 0 Å². The second kappa shape index (κ2) is 13.8. The minimum absolute atomic E-state index is 0.246. The first-order valence-electron chi connectivity index (χ1n) is 9.34. The van der Waals surface area contributed by atoms with Crippen LogP contribution in [0.25, 0.3) is 0 Å². The minimum atomic E-state index is -0.662. The highest BCUT2D eigenvalue weighted by Gasteiger charge is 2.27. The third-order valence-corrected chi connectivity index (χ3v) is 4.90. The van der Waals surface area contributed by atoms with Gasteiger partial charge in [0, 0.05) is 0 Å². The summed E-state index contributed by atoms with van der Waals surface area (Å²) in [6, 6.07) is 0. The van der Waals surface area contributed by atoms with Gasteiger partial charge in [-0.3, -0.25) is 20.7 Å². The Bertz CT molecular complexity index is 286. The standard InChI is InChI=1S/C18H39N3O2/c1-5-6-7-8-9-10-11-12-13-16(17(22)23)14-15-18(19-2,20-3)21-4/h16,19-21H,5-15H2,1-4H3,(H,22,23). The van der Waals surface area contributed by atoms with E-state index in [0.29, 0.717) is 6.42 Å². The zero-order valence-corrected chi connectivity index (χ0v) is 15.7. The Hall–Kier alpha value is -0.650. The highest BCUT2D eigenvalue weighted by atomic mass is 16.4. The highest BCUT2D eigenvalue weighted by molar-refractivity contribution is 5.69. The van der Waals surface area contributed by atoms with Crippen LogP contribution in [0.3, 0.4) is 0 Å². The Kier molecular flexibility index (Phi) is 13.4. The number of nitrogens with one attached hydrogen (secondary N) is 3. The average Bonchev–Trinajstić information content (AvgIpc) is 2.56. The van der Waals surface area contributed by atoms with E-state index in [2.05, 4.69) is 22.9 Å². The Morgan fingerprint density at radius 2 is 1.35 bits per heavy atom. The van der Waals surface area contributed by atoms with E-state index in [1.807, 2.05) is 21.1 Å². The monoisotopic (exact) mass is 329 g/mol. The third kappa shape index (κ3) is 9.95. The molecular weight excluding hydrogens is 290 g/mol. The number of carbonyl (C=O) groups is 1. The molecule has 0 radical (unpaired) electrons. The molecule has 4 N–H and O–H groups in total. The van der Waals surface area contributed by atoms with Crippen molar-refractivity contribution in [3.63, 3.8) is 0 Å². The maximum absolute atomic E-state index is 11.5. The lowest BCUT2D eigenvalue weighted by Gasteiger charge is -2.33. The Morgan fingerprint density at radius 3 is 1.78 bits per heavy atom. The minimum Gasteiger partial charge on any atom is -0.481 e. The summed E-state index contributed by atoms with van der Waals surface area (Å²) in [7, 11) is 5.63. The summed E-state index contributed by atoms with van der Waals surface area (Å²) >= 11 is 0. The second-order valence-corrected chi connectivity index (χ2v) is 6.49. The van der Waals surface area contributed by atoms with Gasteiger partial charge < -0.3 is 5.11 Å². The van der Waals surface area contributed by atoms with Crippen LogP contribution >= 0.6 is 0 Å². The fraction of sp³-hybridized carbons (Fsp3) is 0.944. The van der Waals surface area contributed by atoms with E-state index >= 15 is 0 Å². The molecule has 0 saturated heterocycles. The molecular formula is C18H39N3O2. The van der Waals surface area contributed by atoms with Gasteiger partial charge >= 0.3 is 5.97 Å². The molecule has 138 valence electrons. The molecule has 0 saturated carbocycles. The van der Waals surface area contributed by atoms with Crippen molar-refractivity contribution < 1.29 is 9.90 Å². The summed E-state index contributed by atoms with van der Waals surface area (Å²) in [4.78, 5) is 11.5. The summed E-state index contributed by atoms with van der Waals surface area (Å²) in [5.74, 6) is -1.29. The van der Waals surface area contributed by atoms with Crippen molar-refractivity contribution in [1.29, 1.82) is 0 Å². The van der Waals surface area contributed by atoms with E-state index in [0.717, 1.165) is 25.7 Å². The van der Waals surface area contributed by atoms with Gasteiger partial charge in [0.15, 0.2) is 0 Å². The topological polar surface area (TPSA) is 73.4 Å². The fourth-order valence-electron chi connectivity index (χ4n) is 3.06. The molecule has 0 aliphatic heterocycles. The number of carboxylic acid groups (broad SMARTS) is 1. The third-order valence-electron chi connectivity index (χ3n) is 4.90. The van der Waals surface area contributed by atoms with Crippen LogP contribution in [0, 0.1) is 5.92 Å². The van der Waals surface area contributed by atoms with E-state index in [4.69, 9.17) is 0 Å². The summed E-state index contributed by atoms with van der Waals surface area (Å²) in [6.07, 6.45) is 12.2. The molecule has 0 aliphatic rings. The molecule has 1 unspecified atom stereocenters. The van der Waals surface area contributed by atoms with Crippen LogP contribution in [0.15, 0.2) is 0 Å². The predicted octanol–water partition coefficient (Wildman–Crippen LogP) is 3.31. The Labute approximate surface area is 143 Å². The van der Waals surface area contributed by atoms with E-state index in [-0.39, 0.29) is 11.7 Å². The number of carboxylic acids is 1. The van der Waals surface area contributed by atoms with Crippen LogP contribution in [-0.4, -0.2) is 38.0 Å². The van der Waals surface area contributed by atoms with E-state index < -0.39 is 5.97 Å². The Morgan fingerprint density at radius 1 is 0.870 bits per heavy atom. The van der Waals surface area contributed by atoms with Crippen molar-refractivity contribution in [2.75, 3.05) is 21.1 Å². The van der Waals surface area contributed by atoms with Crippen LogP contribution in [-0.2, 0) is 4.79 Å². The van der Waals surface area contributed by atoms with Gasteiger partial charge in [0.1, 0.15) is 5.79 Å². The molecule has 0 rings (SSSR count). The van der Waals surface area contributed by atoms with Crippen LogP contribution < -0.4 is 16.0 Å². The predicted molar refractivity (Wildman–Crippen MR) is 97.5 cm³/mol. The summed E-state index contributed by atoms with van der Waals surface area (Å²) < 4.78 is 0. The molecule has 0 amide bonds. The first kappa shape index (κ1) is 22.4. The number of unbranched alkanes of at least 4 members (excludes halogenated alkanes) is 7. The molecule has 5 nitrogen and oxygen atoms in total. The fourth-order valence-corrected chi connectivity index (χ4v) is 3.06. The SMILES string of the molecule is CCCCCCCCCCC(CCC(NC)(NC)NC)C(=O)O. The first-order chi connectivity index (χ1) is 11.0. The zero-order valence-electron chi connectivity index (χ0n) is 15.7. The van der Waals surface area contributed by atoms with Crippen molar-refractivity contribution in [1.82, 2.24) is 16.0 Å². The molecule has 0 aliphatic carbocycles. The average molecular weight is 330 g/mol. The van der Waals surface area contributed by atoms with Crippen molar-refractivity contribution in [3.05, 3.63) is 0 Å². The Balaban J connectivity index is 3.97. The van der Waals surface area contributed by atoms with Gasteiger partial charge in [0.2, 0.25) is 0 Å². The van der Waals surface area contributed by atoms with Crippen molar-refractivity contribution in [3.8, 4) is 0 Å². The zero-order chi connectivity index (χ0) is 17.6. The molecule has 0 aromatic rings. The van der Waals surface area contributed by atoms with Crippen LogP contribution in [0.4, 0.5) is 0 Å². The summed E-state index contributed by atoms with van der Waals surface area (Å²) in [6.45, 7) is 2.23. The number of hydrogen-bond donors (Lipinski definition) is 4. The van der Waals surface area contributed by atoms with Gasteiger partial charge in [-0.2, -0.15) is 0 Å². The van der Waals surface area contributed by atoms with Gasteiger partial charge in [-0.25, -0.2) is 0 Å². The van der Waals surface area contributed by atoms with Gasteiger partial charge in [-0.1, -0.05) is 58.3 Å². The van der Waals surface area contributed by atoms with Crippen molar-refractivity contribution in [2.45, 2.75) is 83.3 Å². The smallest absolute Gasteiger partial charge is 0.306 e. The highest BCUT2D eigenvalue weighted by Crippen LogP contribution is 2.20. The maximum atomic E-state index is 11.5. The largest absolute Gasteiger partial charge is 0.481 e. The van der Waals surface area contributed by atoms with Crippen molar-refractivity contribution in [2.24, 2.45) is 5.92 Å². The molecule has 0 bridgehead atoms. The molecule has 0 heterocycles. The first-order valence-corrected chi connectivity index (χ1v) is 9.34. The quantitative estimate of drug-likeness (QED) is 0.258. The van der Waals surface area contributed by atoms with Gasteiger partial charge in [0.25, 0.3) is 0 Å². The molecule has 0 aromatic heterocycles. The molecule has 0 fully saturated rings. The number of hydrogen-bond acceptors (Lipinski definition) is 4. The summed E-state index contributed by atoms with van der Waals surface area (Å²) in [5.41, 5.74) is 0. The normalized spacial score (nSPS) is 13.2. The molecule has 23 heavy (non-hydrogen) atoms. The molecule has 0 aromatic carbocycles. The lowest BCUT2D eigenvalue weighted by Crippen LogP contribution is -2.63. The second-order valence-electron chi connectivity index (χ2n) is 6.49. The number of rotatable bonds is 16. The summed E-state index contributed by atoms with van der Waals surface area (Å²) in [5, 5.41) is 19.0. The van der Waals surface area contributed by atoms with Gasteiger partial charge in [-0.05, 0) is 40.4 Å². The van der Waals surface area contributed by atoms with Crippen LogP contribution in [0.1, 0.15) is 77.6 Å². The van der Waals surface area contributed by atoms with E-state index in [1.54, 1.807) is 0 Å². The van der Waals surface area contributed by atoms with Crippen LogP contribution in [0.5, 0.6) is 0 Å². The van der Waals surface area contributed by atoms with Gasteiger partial charge in [-0.15, -0.1) is 0 Å². The number of aliphatic carboxylic acids is 1. The lowest BCUT2D eigenvalue weighted by molar-refractivity contribution is -0.142. The van der Waals surface area contributed by atoms with Crippen molar-refractivity contribution >= 4 is 5.97 Å². The molecule has 0 spiro atoms. The maximum Gasteiger partial charge on any atom is 0.306 e. The lowest BCUT2D eigenvalue weighted by atomic mass is 9.93. The molecule has 5 heteroatoms. The van der Waals surface area contributed by atoms with E-state index in [1.165, 1.54) is 38.5 Å².